The van der Waals surface area contributed by atoms with Crippen molar-refractivity contribution in [2.75, 3.05) is 0 Å². The minimum Gasteiger partial charge on any atom is -0.0984 e. The van der Waals surface area contributed by atoms with Gasteiger partial charge in [0.2, 0.25) is 0 Å². The quantitative estimate of drug-likeness (QED) is 0.203. The Morgan fingerprint density at radius 3 is 1.48 bits per heavy atom. The number of benzene rings is 7. The van der Waals surface area contributed by atoms with Crippen LogP contribution in [0.1, 0.15) is 11.1 Å². The molecule has 0 aliphatic rings. The van der Waals surface area contributed by atoms with Crippen molar-refractivity contribution in [3.63, 3.8) is 0 Å². The third kappa shape index (κ3) is 4.02. The zero-order chi connectivity index (χ0) is 27.1. The monoisotopic (exact) mass is 508 g/mol. The number of fused-ring (bicyclic) bond motifs is 4. The lowest BCUT2D eigenvalue weighted by molar-refractivity contribution is 1.55. The van der Waals surface area contributed by atoms with Gasteiger partial charge in [0.1, 0.15) is 0 Å². The molecule has 0 N–H and O–H groups in total. The van der Waals surface area contributed by atoms with Crippen LogP contribution in [0.25, 0.3) is 77.9 Å². The van der Waals surface area contributed by atoms with Crippen molar-refractivity contribution < 1.29 is 0 Å². The van der Waals surface area contributed by atoms with Gasteiger partial charge in [0, 0.05) is 0 Å². The van der Waals surface area contributed by atoms with E-state index in [1.54, 1.807) is 0 Å². The molecule has 0 spiro atoms. The van der Waals surface area contributed by atoms with Crippen LogP contribution in [0, 0.1) is 0 Å². The van der Waals surface area contributed by atoms with E-state index in [0.29, 0.717) is 0 Å². The molecule has 0 nitrogen and oxygen atoms in total. The van der Waals surface area contributed by atoms with Crippen molar-refractivity contribution in [2.45, 2.75) is 0 Å². The molecule has 188 valence electrons. The molecule has 0 atom stereocenters. The molecule has 40 heavy (non-hydrogen) atoms. The van der Waals surface area contributed by atoms with Gasteiger partial charge in [0.25, 0.3) is 0 Å². The Kier molecular flexibility index (Phi) is 5.87. The average Bonchev–Trinajstić information content (AvgIpc) is 3.03. The lowest BCUT2D eigenvalue weighted by atomic mass is 9.88. The van der Waals surface area contributed by atoms with E-state index < -0.39 is 0 Å². The first kappa shape index (κ1) is 23.9. The molecule has 0 radical (unpaired) electrons. The van der Waals surface area contributed by atoms with Gasteiger partial charge in [-0.25, -0.2) is 0 Å². The topological polar surface area (TPSA) is 0 Å². The molecule has 0 amide bonds. The van der Waals surface area contributed by atoms with Crippen molar-refractivity contribution in [3.05, 3.63) is 158 Å². The van der Waals surface area contributed by atoms with Crippen molar-refractivity contribution in [3.8, 4) is 33.4 Å². The first-order chi connectivity index (χ1) is 19.7. The standard InChI is InChI=1S/C40H28/c1-3-35-36(4-2)38(23-22-37(35)28-11-6-5-7-12-28)34-19-21-40-33(26-34)17-16-32-25-31(18-20-39(32)40)30-15-14-27-10-8-9-13-29(27)24-30/h3-26H,1-2H2. The van der Waals surface area contributed by atoms with Crippen LogP contribution in [0.2, 0.25) is 0 Å². The van der Waals surface area contributed by atoms with E-state index in [0.717, 1.165) is 11.1 Å². The summed E-state index contributed by atoms with van der Waals surface area (Å²) >= 11 is 0. The zero-order valence-corrected chi connectivity index (χ0v) is 22.3. The highest BCUT2D eigenvalue weighted by Crippen LogP contribution is 2.38. The van der Waals surface area contributed by atoms with Crippen LogP contribution in [0.3, 0.4) is 0 Å². The summed E-state index contributed by atoms with van der Waals surface area (Å²) in [5.41, 5.74) is 9.39. The highest BCUT2D eigenvalue weighted by molar-refractivity contribution is 6.09. The molecule has 0 heteroatoms. The second-order valence-electron chi connectivity index (χ2n) is 10.3. The third-order valence-corrected chi connectivity index (χ3v) is 8.01. The minimum atomic E-state index is 1.11. The molecule has 0 aromatic heterocycles. The fraction of sp³-hybridized carbons (Fsp3) is 0. The fourth-order valence-corrected chi connectivity index (χ4v) is 5.98. The Hall–Kier alpha value is -5.20. The predicted octanol–water partition coefficient (Wildman–Crippen LogP) is 11.4. The van der Waals surface area contributed by atoms with Crippen molar-refractivity contribution >= 4 is 44.5 Å². The molecule has 0 saturated carbocycles. The lowest BCUT2D eigenvalue weighted by Crippen LogP contribution is -1.92. The second kappa shape index (κ2) is 9.84. The van der Waals surface area contributed by atoms with Crippen LogP contribution in [0.15, 0.2) is 147 Å². The van der Waals surface area contributed by atoms with Crippen LogP contribution < -0.4 is 0 Å². The van der Waals surface area contributed by atoms with Gasteiger partial charge in [0.05, 0.1) is 0 Å². The van der Waals surface area contributed by atoms with Crippen molar-refractivity contribution in [2.24, 2.45) is 0 Å². The van der Waals surface area contributed by atoms with Crippen LogP contribution in [-0.2, 0) is 0 Å². The highest BCUT2D eigenvalue weighted by atomic mass is 14.2. The average molecular weight is 509 g/mol. The Morgan fingerprint density at radius 2 is 0.825 bits per heavy atom. The van der Waals surface area contributed by atoms with Crippen LogP contribution in [0.4, 0.5) is 0 Å². The summed E-state index contributed by atoms with van der Waals surface area (Å²) < 4.78 is 0. The van der Waals surface area contributed by atoms with Crippen LogP contribution in [0.5, 0.6) is 0 Å². The molecular weight excluding hydrogens is 480 g/mol. The van der Waals surface area contributed by atoms with E-state index in [-0.39, 0.29) is 0 Å². The van der Waals surface area contributed by atoms with Gasteiger partial charge >= 0.3 is 0 Å². The summed E-state index contributed by atoms with van der Waals surface area (Å²) in [5.74, 6) is 0. The van der Waals surface area contributed by atoms with Gasteiger partial charge in [-0.2, -0.15) is 0 Å². The van der Waals surface area contributed by atoms with Crippen LogP contribution in [-0.4, -0.2) is 0 Å². The molecule has 7 rings (SSSR count). The van der Waals surface area contributed by atoms with Crippen LogP contribution >= 0.6 is 0 Å². The van der Waals surface area contributed by atoms with E-state index in [1.807, 2.05) is 18.2 Å². The summed E-state index contributed by atoms with van der Waals surface area (Å²) in [7, 11) is 0. The van der Waals surface area contributed by atoms with Gasteiger partial charge in [-0.05, 0) is 95.0 Å². The van der Waals surface area contributed by atoms with Crippen molar-refractivity contribution in [1.82, 2.24) is 0 Å². The smallest absolute Gasteiger partial charge is 0.0105 e. The highest BCUT2D eigenvalue weighted by Gasteiger charge is 2.13. The molecule has 7 aromatic carbocycles. The summed E-state index contributed by atoms with van der Waals surface area (Å²) in [6.45, 7) is 8.31. The van der Waals surface area contributed by atoms with E-state index in [2.05, 4.69) is 141 Å². The molecule has 0 aliphatic carbocycles. The summed E-state index contributed by atoms with van der Waals surface area (Å²) in [6, 6.07) is 48.2. The summed E-state index contributed by atoms with van der Waals surface area (Å²) in [5, 5.41) is 7.54. The maximum atomic E-state index is 4.17. The number of rotatable bonds is 5. The lowest BCUT2D eigenvalue weighted by Gasteiger charge is -2.16. The normalized spacial score (nSPS) is 11.2. The molecular formula is C40H28. The predicted molar refractivity (Wildman–Crippen MR) is 175 cm³/mol. The van der Waals surface area contributed by atoms with Gasteiger partial charge in [-0.15, -0.1) is 0 Å². The Morgan fingerprint density at radius 1 is 0.350 bits per heavy atom. The third-order valence-electron chi connectivity index (χ3n) is 8.01. The molecule has 0 unspecified atom stereocenters. The molecule has 0 heterocycles. The van der Waals surface area contributed by atoms with E-state index in [1.165, 1.54) is 65.7 Å². The zero-order valence-electron chi connectivity index (χ0n) is 22.3. The van der Waals surface area contributed by atoms with E-state index in [9.17, 15) is 0 Å². The van der Waals surface area contributed by atoms with E-state index >= 15 is 0 Å². The molecule has 0 aliphatic heterocycles. The summed E-state index contributed by atoms with van der Waals surface area (Å²) in [6.07, 6.45) is 3.90. The molecule has 0 saturated heterocycles. The van der Waals surface area contributed by atoms with Crippen molar-refractivity contribution in [1.29, 1.82) is 0 Å². The Bertz CT molecular complexity index is 2080. The van der Waals surface area contributed by atoms with Gasteiger partial charge in [-0.1, -0.05) is 141 Å². The minimum absolute atomic E-state index is 1.11. The van der Waals surface area contributed by atoms with Gasteiger partial charge in [-0.3, -0.25) is 0 Å². The Labute approximate surface area is 235 Å². The summed E-state index contributed by atoms with van der Waals surface area (Å²) in [4.78, 5) is 0. The SMILES string of the molecule is C=Cc1c(-c2ccccc2)ccc(-c2ccc3c(ccc4cc(-c5ccc6ccccc6c5)ccc43)c2)c1C=C. The first-order valence-corrected chi connectivity index (χ1v) is 13.7. The van der Waals surface area contributed by atoms with Gasteiger partial charge in [0.15, 0.2) is 0 Å². The first-order valence-electron chi connectivity index (χ1n) is 13.7. The number of hydrogen-bond acceptors (Lipinski definition) is 0. The molecule has 7 aromatic rings. The second-order valence-corrected chi connectivity index (χ2v) is 10.3. The molecule has 0 fully saturated rings. The maximum Gasteiger partial charge on any atom is -0.0105 e. The maximum absolute atomic E-state index is 4.17. The Balaban J connectivity index is 1.31. The molecule has 0 bridgehead atoms. The van der Waals surface area contributed by atoms with E-state index in [4.69, 9.17) is 0 Å². The largest absolute Gasteiger partial charge is 0.0984 e. The fourth-order valence-electron chi connectivity index (χ4n) is 5.98. The number of hydrogen-bond donors (Lipinski definition) is 0. The van der Waals surface area contributed by atoms with Gasteiger partial charge < -0.3 is 0 Å².